The zero-order valence-corrected chi connectivity index (χ0v) is 16.1. The number of para-hydroxylation sites is 1. The molecule has 1 atom stereocenters. The van der Waals surface area contributed by atoms with Gasteiger partial charge in [0, 0.05) is 43.7 Å². The van der Waals surface area contributed by atoms with Gasteiger partial charge in [-0.2, -0.15) is 0 Å². The summed E-state index contributed by atoms with van der Waals surface area (Å²) in [6.45, 7) is 5.35. The highest BCUT2D eigenvalue weighted by Gasteiger charge is 2.19. The summed E-state index contributed by atoms with van der Waals surface area (Å²) in [7, 11) is 1.67. The van der Waals surface area contributed by atoms with Gasteiger partial charge in [-0.15, -0.1) is 0 Å². The maximum atomic E-state index is 5.59. The molecule has 5 rings (SSSR count). The summed E-state index contributed by atoms with van der Waals surface area (Å²) in [5.74, 6) is 0.651. The zero-order chi connectivity index (χ0) is 18.9. The molecule has 1 N–H and O–H groups in total. The van der Waals surface area contributed by atoms with Crippen LogP contribution < -0.4 is 20.6 Å². The number of fused-ring (bicyclic) bond motifs is 2. The molecule has 142 valence electrons. The van der Waals surface area contributed by atoms with Crippen molar-refractivity contribution in [3.63, 3.8) is 0 Å². The van der Waals surface area contributed by atoms with Crippen LogP contribution >= 0.6 is 0 Å². The molecule has 2 aliphatic rings. The van der Waals surface area contributed by atoms with E-state index < -0.39 is 0 Å². The summed E-state index contributed by atoms with van der Waals surface area (Å²) >= 11 is 0. The Morgan fingerprint density at radius 2 is 1.96 bits per heavy atom. The van der Waals surface area contributed by atoms with Crippen LogP contribution in [0.3, 0.4) is 0 Å². The second kappa shape index (κ2) is 7.34. The molecule has 2 aromatic carbocycles. The SMILES string of the molecule is COc1nc2ccccc2cc1C1C=c2cc(CN3CCNCC3)ccc2=N1. The van der Waals surface area contributed by atoms with Crippen LogP contribution in [-0.4, -0.2) is 43.2 Å². The standard InChI is InChI=1S/C23H24N4O/c1-28-23-19(13-17-4-2-3-5-20(17)26-23)22-14-18-12-16(6-7-21(18)25-22)15-27-10-8-24-9-11-27/h2-7,12-14,22,24H,8-11,15H2,1H3. The number of nitrogens with one attached hydrogen (secondary N) is 1. The molecule has 0 bridgehead atoms. The molecule has 1 fully saturated rings. The molecule has 0 saturated carbocycles. The van der Waals surface area contributed by atoms with E-state index in [9.17, 15) is 0 Å². The van der Waals surface area contributed by atoms with Crippen molar-refractivity contribution in [2.45, 2.75) is 12.6 Å². The molecule has 0 radical (unpaired) electrons. The third-order valence-electron chi connectivity index (χ3n) is 5.55. The molecule has 5 heteroatoms. The van der Waals surface area contributed by atoms with Gasteiger partial charge in [0.25, 0.3) is 0 Å². The van der Waals surface area contributed by atoms with E-state index in [0.717, 1.165) is 54.5 Å². The van der Waals surface area contributed by atoms with Crippen LogP contribution in [0.15, 0.2) is 53.5 Å². The van der Waals surface area contributed by atoms with Gasteiger partial charge in [-0.3, -0.25) is 9.89 Å². The molecule has 1 unspecified atom stereocenters. The Morgan fingerprint density at radius 1 is 1.11 bits per heavy atom. The molecule has 0 amide bonds. The number of rotatable bonds is 4. The Labute approximate surface area is 164 Å². The van der Waals surface area contributed by atoms with Gasteiger partial charge in [0.1, 0.15) is 0 Å². The second-order valence-corrected chi connectivity index (χ2v) is 7.44. The Morgan fingerprint density at radius 3 is 2.82 bits per heavy atom. The molecule has 2 aliphatic heterocycles. The van der Waals surface area contributed by atoms with Gasteiger partial charge < -0.3 is 10.1 Å². The first-order valence-corrected chi connectivity index (χ1v) is 9.85. The van der Waals surface area contributed by atoms with Crippen molar-refractivity contribution in [1.29, 1.82) is 0 Å². The number of benzene rings is 2. The quantitative estimate of drug-likeness (QED) is 0.759. The van der Waals surface area contributed by atoms with Gasteiger partial charge in [0.15, 0.2) is 0 Å². The number of aromatic nitrogens is 1. The Kier molecular flexibility index (Phi) is 4.55. The van der Waals surface area contributed by atoms with Crippen LogP contribution in [0, 0.1) is 0 Å². The van der Waals surface area contributed by atoms with Crippen LogP contribution in [0.25, 0.3) is 17.0 Å². The highest BCUT2D eigenvalue weighted by Crippen LogP contribution is 2.31. The zero-order valence-electron chi connectivity index (χ0n) is 16.1. The van der Waals surface area contributed by atoms with E-state index in [1.807, 2.05) is 18.2 Å². The first-order valence-electron chi connectivity index (χ1n) is 9.85. The van der Waals surface area contributed by atoms with Gasteiger partial charge in [-0.1, -0.05) is 24.3 Å². The lowest BCUT2D eigenvalue weighted by atomic mass is 10.1. The number of hydrogen-bond donors (Lipinski definition) is 1. The first kappa shape index (κ1) is 17.3. The maximum Gasteiger partial charge on any atom is 0.219 e. The van der Waals surface area contributed by atoms with Crippen molar-refractivity contribution in [3.8, 4) is 5.88 Å². The Bertz CT molecular complexity index is 1140. The largest absolute Gasteiger partial charge is 0.481 e. The normalized spacial score (nSPS) is 19.1. The minimum atomic E-state index is -0.0588. The number of methoxy groups -OCH3 is 1. The van der Waals surface area contributed by atoms with Crippen molar-refractivity contribution in [3.05, 3.63) is 70.2 Å². The predicted molar refractivity (Wildman–Crippen MR) is 111 cm³/mol. The number of piperazine rings is 1. The molecule has 5 nitrogen and oxygen atoms in total. The average molecular weight is 372 g/mol. The van der Waals surface area contributed by atoms with Crippen molar-refractivity contribution >= 4 is 17.0 Å². The van der Waals surface area contributed by atoms with E-state index in [0.29, 0.717) is 5.88 Å². The lowest BCUT2D eigenvalue weighted by Crippen LogP contribution is -2.43. The molecule has 3 aromatic rings. The summed E-state index contributed by atoms with van der Waals surface area (Å²) < 4.78 is 5.59. The summed E-state index contributed by atoms with van der Waals surface area (Å²) in [5, 5.41) is 6.76. The topological polar surface area (TPSA) is 49.8 Å². The molecule has 0 aliphatic carbocycles. The molecule has 1 aromatic heterocycles. The average Bonchev–Trinajstić information content (AvgIpc) is 3.16. The molecular formula is C23H24N4O. The van der Waals surface area contributed by atoms with Crippen LogP contribution in [-0.2, 0) is 6.54 Å². The van der Waals surface area contributed by atoms with Crippen LogP contribution in [0.1, 0.15) is 17.2 Å². The van der Waals surface area contributed by atoms with Crippen LogP contribution in [0.4, 0.5) is 0 Å². The molecule has 0 spiro atoms. The number of hydrogen-bond acceptors (Lipinski definition) is 5. The lowest BCUT2D eigenvalue weighted by Gasteiger charge is -2.27. The number of nitrogens with zero attached hydrogens (tertiary/aromatic N) is 3. The fraction of sp³-hybridized carbons (Fsp3) is 0.304. The van der Waals surface area contributed by atoms with Crippen molar-refractivity contribution in [2.24, 2.45) is 4.99 Å². The van der Waals surface area contributed by atoms with Crippen molar-refractivity contribution < 1.29 is 4.74 Å². The lowest BCUT2D eigenvalue weighted by molar-refractivity contribution is 0.233. The van der Waals surface area contributed by atoms with E-state index in [4.69, 9.17) is 9.73 Å². The van der Waals surface area contributed by atoms with Crippen LogP contribution in [0.5, 0.6) is 5.88 Å². The summed E-state index contributed by atoms with van der Waals surface area (Å²) in [5.41, 5.74) is 3.30. The van der Waals surface area contributed by atoms with Gasteiger partial charge in [-0.25, -0.2) is 4.98 Å². The van der Waals surface area contributed by atoms with E-state index in [1.54, 1.807) is 7.11 Å². The molecular weight excluding hydrogens is 348 g/mol. The van der Waals surface area contributed by atoms with Gasteiger partial charge in [0.2, 0.25) is 5.88 Å². The predicted octanol–water partition coefficient (Wildman–Crippen LogP) is 1.80. The van der Waals surface area contributed by atoms with Gasteiger partial charge in [-0.05, 0) is 41.1 Å². The monoisotopic (exact) mass is 372 g/mol. The van der Waals surface area contributed by atoms with E-state index in [2.05, 4.69) is 51.6 Å². The second-order valence-electron chi connectivity index (χ2n) is 7.44. The summed E-state index contributed by atoms with van der Waals surface area (Å²) in [4.78, 5) is 12.1. The fourth-order valence-corrected chi connectivity index (χ4v) is 4.09. The van der Waals surface area contributed by atoms with Gasteiger partial charge >= 0.3 is 0 Å². The molecule has 3 heterocycles. The minimum absolute atomic E-state index is 0.0588. The minimum Gasteiger partial charge on any atom is -0.481 e. The molecule has 28 heavy (non-hydrogen) atoms. The summed E-state index contributed by atoms with van der Waals surface area (Å²) in [6.07, 6.45) is 2.23. The Hall–Kier alpha value is -2.76. The highest BCUT2D eigenvalue weighted by atomic mass is 16.5. The highest BCUT2D eigenvalue weighted by molar-refractivity contribution is 5.80. The van der Waals surface area contributed by atoms with Crippen molar-refractivity contribution in [2.75, 3.05) is 33.3 Å². The van der Waals surface area contributed by atoms with Crippen molar-refractivity contribution in [1.82, 2.24) is 15.2 Å². The van der Waals surface area contributed by atoms with E-state index in [-0.39, 0.29) is 6.04 Å². The molecule has 1 saturated heterocycles. The fourth-order valence-electron chi connectivity index (χ4n) is 4.09. The van der Waals surface area contributed by atoms with Gasteiger partial charge in [0.05, 0.1) is 24.0 Å². The summed E-state index contributed by atoms with van der Waals surface area (Å²) in [6, 6.07) is 16.8. The first-order chi connectivity index (χ1) is 13.8. The maximum absolute atomic E-state index is 5.59. The van der Waals surface area contributed by atoms with E-state index >= 15 is 0 Å². The third-order valence-corrected chi connectivity index (χ3v) is 5.55. The number of ether oxygens (including phenoxy) is 1. The number of pyridine rings is 1. The van der Waals surface area contributed by atoms with E-state index in [1.165, 1.54) is 10.8 Å². The Balaban J connectivity index is 1.48. The van der Waals surface area contributed by atoms with Crippen LogP contribution in [0.2, 0.25) is 0 Å². The smallest absolute Gasteiger partial charge is 0.219 e. The third kappa shape index (κ3) is 3.28.